The summed E-state index contributed by atoms with van der Waals surface area (Å²) in [5.74, 6) is 1.34. The van der Waals surface area contributed by atoms with E-state index in [0.29, 0.717) is 24.1 Å². The Kier molecular flexibility index (Phi) is 3.41. The summed E-state index contributed by atoms with van der Waals surface area (Å²) < 4.78 is 9.87. The van der Waals surface area contributed by atoms with Crippen LogP contribution in [0.3, 0.4) is 0 Å². The second-order valence-corrected chi connectivity index (χ2v) is 4.87. The summed E-state index contributed by atoms with van der Waals surface area (Å²) in [4.78, 5) is 11.8. The fourth-order valence-electron chi connectivity index (χ4n) is 2.09. The number of hydrogen-bond donors (Lipinski definition) is 2. The van der Waals surface area contributed by atoms with Gasteiger partial charge in [-0.05, 0) is 29.5 Å². The highest BCUT2D eigenvalue weighted by Crippen LogP contribution is 2.40. The third kappa shape index (κ3) is 2.81. The second kappa shape index (κ2) is 5.36. The molecule has 0 spiro atoms. The summed E-state index contributed by atoms with van der Waals surface area (Å²) in [6, 6.07) is 1.60. The Bertz CT molecular complexity index is 600. The Morgan fingerprint density at radius 2 is 2.45 bits per heavy atom. The van der Waals surface area contributed by atoms with E-state index in [0.717, 1.165) is 5.69 Å². The monoisotopic (exact) mass is 276 g/mol. The lowest BCUT2D eigenvalue weighted by molar-refractivity contribution is -0.120. The van der Waals surface area contributed by atoms with Gasteiger partial charge >= 0.3 is 0 Å². The third-order valence-electron chi connectivity index (χ3n) is 3.31. The van der Waals surface area contributed by atoms with E-state index in [4.69, 9.17) is 9.26 Å². The van der Waals surface area contributed by atoms with Crippen molar-refractivity contribution in [3.8, 4) is 5.88 Å². The van der Waals surface area contributed by atoms with Crippen molar-refractivity contribution < 1.29 is 14.1 Å². The predicted molar refractivity (Wildman–Crippen MR) is 69.2 cm³/mol. The molecule has 0 aromatic carbocycles. The number of ether oxygens (including phenoxy) is 1. The molecule has 0 atom stereocenters. The van der Waals surface area contributed by atoms with E-state index in [2.05, 4.69) is 20.7 Å². The highest BCUT2D eigenvalue weighted by atomic mass is 16.5. The van der Waals surface area contributed by atoms with Crippen molar-refractivity contribution in [2.24, 2.45) is 0 Å². The number of aromatic amines is 1. The van der Waals surface area contributed by atoms with E-state index >= 15 is 0 Å². The molecule has 0 aliphatic heterocycles. The van der Waals surface area contributed by atoms with Gasteiger partial charge in [-0.3, -0.25) is 9.89 Å². The van der Waals surface area contributed by atoms with E-state index in [1.54, 1.807) is 6.07 Å². The molecule has 2 aromatic heterocycles. The second-order valence-electron chi connectivity index (χ2n) is 4.87. The number of aromatic nitrogens is 3. The lowest BCUT2D eigenvalue weighted by Gasteiger charge is -2.04. The van der Waals surface area contributed by atoms with Gasteiger partial charge < -0.3 is 14.6 Å². The Morgan fingerprint density at radius 1 is 1.60 bits per heavy atom. The highest BCUT2D eigenvalue weighted by Gasteiger charge is 2.27. The molecule has 1 amide bonds. The first kappa shape index (κ1) is 12.7. The molecule has 7 heteroatoms. The molecule has 2 N–H and O–H groups in total. The van der Waals surface area contributed by atoms with Gasteiger partial charge in [0.05, 0.1) is 32.0 Å². The maximum atomic E-state index is 11.8. The SMILES string of the molecule is COc1cc(CC(=O)NCc2[nH]ncc2C2CC2)on1. The first-order valence-electron chi connectivity index (χ1n) is 6.54. The van der Waals surface area contributed by atoms with Crippen LogP contribution in [0.25, 0.3) is 0 Å². The number of nitrogens with zero attached hydrogens (tertiary/aromatic N) is 2. The molecule has 1 aliphatic carbocycles. The van der Waals surface area contributed by atoms with Crippen molar-refractivity contribution in [3.63, 3.8) is 0 Å². The lowest BCUT2D eigenvalue weighted by atomic mass is 10.1. The first-order valence-corrected chi connectivity index (χ1v) is 6.54. The Labute approximate surface area is 115 Å². The number of hydrogen-bond acceptors (Lipinski definition) is 5. The lowest BCUT2D eigenvalue weighted by Crippen LogP contribution is -2.25. The molecule has 3 rings (SSSR count). The summed E-state index contributed by atoms with van der Waals surface area (Å²) in [7, 11) is 1.50. The molecule has 0 saturated heterocycles. The van der Waals surface area contributed by atoms with Gasteiger partial charge in [0.15, 0.2) is 0 Å². The van der Waals surface area contributed by atoms with Gasteiger partial charge in [-0.15, -0.1) is 0 Å². The van der Waals surface area contributed by atoms with Gasteiger partial charge in [-0.25, -0.2) is 0 Å². The predicted octanol–water partition coefficient (Wildman–Crippen LogP) is 1.14. The van der Waals surface area contributed by atoms with Crippen LogP contribution < -0.4 is 10.1 Å². The highest BCUT2D eigenvalue weighted by molar-refractivity contribution is 5.77. The molecule has 0 bridgehead atoms. The summed E-state index contributed by atoms with van der Waals surface area (Å²) in [6.07, 6.45) is 4.40. The summed E-state index contributed by atoms with van der Waals surface area (Å²) >= 11 is 0. The van der Waals surface area contributed by atoms with Gasteiger partial charge in [-0.1, -0.05) is 0 Å². The number of rotatable bonds is 6. The van der Waals surface area contributed by atoms with Crippen LogP contribution in [0, 0.1) is 0 Å². The molecule has 106 valence electrons. The molecular formula is C13H16N4O3. The molecule has 0 unspecified atom stereocenters. The van der Waals surface area contributed by atoms with E-state index in [9.17, 15) is 4.79 Å². The minimum absolute atomic E-state index is 0.125. The number of nitrogens with one attached hydrogen (secondary N) is 2. The Hall–Kier alpha value is -2.31. The maximum Gasteiger partial charge on any atom is 0.254 e. The van der Waals surface area contributed by atoms with Crippen LogP contribution in [0.5, 0.6) is 5.88 Å². The van der Waals surface area contributed by atoms with Crippen molar-refractivity contribution in [1.82, 2.24) is 20.7 Å². The Morgan fingerprint density at radius 3 is 3.15 bits per heavy atom. The number of carbonyl (C=O) groups excluding carboxylic acids is 1. The normalized spacial score (nSPS) is 14.2. The third-order valence-corrected chi connectivity index (χ3v) is 3.31. The molecular weight excluding hydrogens is 260 g/mol. The minimum atomic E-state index is -0.125. The van der Waals surface area contributed by atoms with E-state index in [1.807, 2.05) is 6.20 Å². The van der Waals surface area contributed by atoms with Crippen molar-refractivity contribution in [2.45, 2.75) is 31.7 Å². The quantitative estimate of drug-likeness (QED) is 0.825. The maximum absolute atomic E-state index is 11.8. The number of amides is 1. The number of H-pyrrole nitrogens is 1. The molecule has 1 aliphatic rings. The fourth-order valence-corrected chi connectivity index (χ4v) is 2.09. The van der Waals surface area contributed by atoms with Crippen LogP contribution in [0.1, 0.15) is 35.8 Å². The van der Waals surface area contributed by atoms with Gasteiger partial charge in [0.1, 0.15) is 5.76 Å². The van der Waals surface area contributed by atoms with Crippen LogP contribution in [0.2, 0.25) is 0 Å². The van der Waals surface area contributed by atoms with Crippen molar-refractivity contribution in [3.05, 3.63) is 29.3 Å². The molecule has 2 aromatic rings. The van der Waals surface area contributed by atoms with Crippen LogP contribution >= 0.6 is 0 Å². The summed E-state index contributed by atoms with van der Waals surface area (Å²) in [5.41, 5.74) is 2.20. The van der Waals surface area contributed by atoms with E-state index in [1.165, 1.54) is 25.5 Å². The molecule has 2 heterocycles. The van der Waals surface area contributed by atoms with Gasteiger partial charge in [-0.2, -0.15) is 5.10 Å². The average molecular weight is 276 g/mol. The zero-order valence-corrected chi connectivity index (χ0v) is 11.2. The number of methoxy groups -OCH3 is 1. The standard InChI is InChI=1S/C13H16N4O3/c1-19-13-5-9(20-17-13)4-12(18)14-7-11-10(6-15-16-11)8-2-3-8/h5-6,8H,2-4,7H2,1H3,(H,14,18)(H,15,16). The molecule has 0 radical (unpaired) electrons. The van der Waals surface area contributed by atoms with Gasteiger partial charge in [0.25, 0.3) is 5.88 Å². The van der Waals surface area contributed by atoms with Crippen LogP contribution in [-0.2, 0) is 17.8 Å². The van der Waals surface area contributed by atoms with Crippen molar-refractivity contribution in [1.29, 1.82) is 0 Å². The number of carbonyl (C=O) groups is 1. The minimum Gasteiger partial charge on any atom is -0.479 e. The summed E-state index contributed by atoms with van der Waals surface area (Å²) in [6.45, 7) is 0.454. The topological polar surface area (TPSA) is 93.0 Å². The fraction of sp³-hybridized carbons (Fsp3) is 0.462. The Balaban J connectivity index is 1.52. The van der Waals surface area contributed by atoms with Crippen molar-refractivity contribution >= 4 is 5.91 Å². The van der Waals surface area contributed by atoms with Crippen LogP contribution in [0.4, 0.5) is 0 Å². The molecule has 1 fully saturated rings. The zero-order valence-electron chi connectivity index (χ0n) is 11.2. The first-order chi connectivity index (χ1) is 9.76. The van der Waals surface area contributed by atoms with E-state index in [-0.39, 0.29) is 12.3 Å². The van der Waals surface area contributed by atoms with Gasteiger partial charge in [0.2, 0.25) is 5.91 Å². The molecule has 20 heavy (non-hydrogen) atoms. The van der Waals surface area contributed by atoms with E-state index < -0.39 is 0 Å². The largest absolute Gasteiger partial charge is 0.479 e. The molecule has 1 saturated carbocycles. The van der Waals surface area contributed by atoms with Crippen LogP contribution in [0.15, 0.2) is 16.8 Å². The van der Waals surface area contributed by atoms with Gasteiger partial charge in [0, 0.05) is 6.07 Å². The smallest absolute Gasteiger partial charge is 0.254 e. The summed E-state index contributed by atoms with van der Waals surface area (Å²) in [5, 5.41) is 13.5. The van der Waals surface area contributed by atoms with Crippen molar-refractivity contribution in [2.75, 3.05) is 7.11 Å². The average Bonchev–Trinajstić information content (AvgIpc) is 3.01. The zero-order chi connectivity index (χ0) is 13.9. The molecule has 7 nitrogen and oxygen atoms in total. The van der Waals surface area contributed by atoms with Crippen LogP contribution in [-0.4, -0.2) is 28.4 Å².